The van der Waals surface area contributed by atoms with E-state index in [9.17, 15) is 4.79 Å². The summed E-state index contributed by atoms with van der Waals surface area (Å²) in [7, 11) is 0. The van der Waals surface area contributed by atoms with Crippen LogP contribution < -0.4 is 5.32 Å². The first kappa shape index (κ1) is 16.1. The molecule has 1 aliphatic heterocycles. The number of nitrogens with zero attached hydrogens (tertiary/aromatic N) is 3. The normalized spacial score (nSPS) is 21.0. The van der Waals surface area contributed by atoms with Crippen molar-refractivity contribution < 1.29 is 9.32 Å². The summed E-state index contributed by atoms with van der Waals surface area (Å²) in [6.07, 6.45) is 5.44. The van der Waals surface area contributed by atoms with Crippen LogP contribution >= 0.6 is 0 Å². The first-order chi connectivity index (χ1) is 12.3. The van der Waals surface area contributed by atoms with Crippen LogP contribution in [-0.4, -0.2) is 34.2 Å². The zero-order valence-corrected chi connectivity index (χ0v) is 14.4. The number of likely N-dealkylation sites (tertiary alicyclic amines) is 1. The third kappa shape index (κ3) is 4.00. The fourth-order valence-electron chi connectivity index (χ4n) is 3.47. The van der Waals surface area contributed by atoms with E-state index < -0.39 is 0 Å². The molecule has 2 aromatic rings. The van der Waals surface area contributed by atoms with Crippen LogP contribution in [0.2, 0.25) is 0 Å². The minimum Gasteiger partial charge on any atom is -0.337 e. The highest BCUT2D eigenvalue weighted by molar-refractivity contribution is 5.74. The summed E-state index contributed by atoms with van der Waals surface area (Å²) in [4.78, 5) is 18.7. The van der Waals surface area contributed by atoms with E-state index in [2.05, 4.69) is 39.7 Å². The quantitative estimate of drug-likeness (QED) is 0.925. The van der Waals surface area contributed by atoms with Gasteiger partial charge in [0.1, 0.15) is 0 Å². The van der Waals surface area contributed by atoms with Crippen molar-refractivity contribution in [2.45, 2.75) is 50.5 Å². The van der Waals surface area contributed by atoms with Crippen LogP contribution in [0.3, 0.4) is 0 Å². The zero-order valence-electron chi connectivity index (χ0n) is 14.4. The maximum atomic E-state index is 12.4. The summed E-state index contributed by atoms with van der Waals surface area (Å²) in [6.45, 7) is 1.88. The van der Waals surface area contributed by atoms with E-state index in [4.69, 9.17) is 4.52 Å². The lowest BCUT2D eigenvalue weighted by Gasteiger charge is -2.20. The van der Waals surface area contributed by atoms with E-state index in [0.29, 0.717) is 24.3 Å². The molecule has 6 nitrogen and oxygen atoms in total. The standard InChI is InChI=1S/C19H24N4O2/c24-19(20-13-17-21-18(22-25-17)16-8-9-16)23-11-4-7-15(10-12-23)14-5-2-1-3-6-14/h1-3,5-6,15-16H,4,7-13H2,(H,20,24). The summed E-state index contributed by atoms with van der Waals surface area (Å²) in [5, 5.41) is 6.89. The third-order valence-electron chi connectivity index (χ3n) is 5.10. The molecule has 2 amide bonds. The van der Waals surface area contributed by atoms with Crippen molar-refractivity contribution >= 4 is 6.03 Å². The van der Waals surface area contributed by atoms with Gasteiger partial charge in [-0.25, -0.2) is 4.79 Å². The number of carbonyl (C=O) groups is 1. The molecule has 1 aromatic carbocycles. The number of rotatable bonds is 4. The van der Waals surface area contributed by atoms with Gasteiger partial charge in [-0.3, -0.25) is 0 Å². The van der Waals surface area contributed by atoms with Crippen molar-refractivity contribution in [1.29, 1.82) is 0 Å². The van der Waals surface area contributed by atoms with Crippen LogP contribution in [0.1, 0.15) is 61.2 Å². The molecule has 2 aliphatic rings. The number of nitrogens with one attached hydrogen (secondary N) is 1. The number of aromatic nitrogens is 2. The van der Waals surface area contributed by atoms with Gasteiger partial charge in [0.15, 0.2) is 5.82 Å². The van der Waals surface area contributed by atoms with E-state index in [0.717, 1.165) is 51.0 Å². The van der Waals surface area contributed by atoms with E-state index in [1.54, 1.807) is 0 Å². The van der Waals surface area contributed by atoms with Crippen LogP contribution in [0.15, 0.2) is 34.9 Å². The summed E-state index contributed by atoms with van der Waals surface area (Å²) in [5.74, 6) is 2.28. The van der Waals surface area contributed by atoms with Gasteiger partial charge in [-0.15, -0.1) is 0 Å². The SMILES string of the molecule is O=C(NCc1nc(C2CC2)no1)N1CCCC(c2ccccc2)CC1. The number of urea groups is 1. The Bertz CT molecular complexity index is 711. The lowest BCUT2D eigenvalue weighted by Crippen LogP contribution is -2.40. The van der Waals surface area contributed by atoms with Crippen LogP contribution in [0.4, 0.5) is 4.79 Å². The highest BCUT2D eigenvalue weighted by atomic mass is 16.5. The van der Waals surface area contributed by atoms with Crippen molar-refractivity contribution in [3.8, 4) is 0 Å². The molecule has 0 radical (unpaired) electrons. The Morgan fingerprint density at radius 1 is 1.12 bits per heavy atom. The molecule has 1 aliphatic carbocycles. The fraction of sp³-hybridized carbons (Fsp3) is 0.526. The van der Waals surface area contributed by atoms with Crippen molar-refractivity contribution in [3.63, 3.8) is 0 Å². The lowest BCUT2D eigenvalue weighted by atomic mass is 9.92. The molecule has 25 heavy (non-hydrogen) atoms. The second-order valence-corrected chi connectivity index (χ2v) is 7.00. The fourth-order valence-corrected chi connectivity index (χ4v) is 3.47. The molecule has 6 heteroatoms. The lowest BCUT2D eigenvalue weighted by molar-refractivity contribution is 0.197. The molecule has 1 atom stereocenters. The summed E-state index contributed by atoms with van der Waals surface area (Å²) < 4.78 is 5.21. The van der Waals surface area contributed by atoms with Gasteiger partial charge in [0, 0.05) is 19.0 Å². The molecule has 1 N–H and O–H groups in total. The molecule has 132 valence electrons. The van der Waals surface area contributed by atoms with Gasteiger partial charge in [0.05, 0.1) is 6.54 Å². The predicted octanol–water partition coefficient (Wildman–Crippen LogP) is 3.43. The van der Waals surface area contributed by atoms with Gasteiger partial charge >= 0.3 is 6.03 Å². The Morgan fingerprint density at radius 3 is 2.76 bits per heavy atom. The van der Waals surface area contributed by atoms with Crippen LogP contribution in [0, 0.1) is 0 Å². The van der Waals surface area contributed by atoms with Crippen LogP contribution in [0.25, 0.3) is 0 Å². The molecule has 1 saturated carbocycles. The molecular weight excluding hydrogens is 316 g/mol. The second kappa shape index (κ2) is 7.25. The van der Waals surface area contributed by atoms with Gasteiger partial charge in [-0.1, -0.05) is 35.5 Å². The maximum absolute atomic E-state index is 12.4. The van der Waals surface area contributed by atoms with Gasteiger partial charge in [0.25, 0.3) is 0 Å². The van der Waals surface area contributed by atoms with Gasteiger partial charge in [0.2, 0.25) is 5.89 Å². The number of amides is 2. The second-order valence-electron chi connectivity index (χ2n) is 7.00. The van der Waals surface area contributed by atoms with Gasteiger partial charge < -0.3 is 14.7 Å². The first-order valence-corrected chi connectivity index (χ1v) is 9.20. The number of hydrogen-bond donors (Lipinski definition) is 1. The van der Waals surface area contributed by atoms with E-state index in [-0.39, 0.29) is 6.03 Å². The first-order valence-electron chi connectivity index (χ1n) is 9.20. The molecule has 1 unspecified atom stereocenters. The van der Waals surface area contributed by atoms with Crippen molar-refractivity contribution in [2.24, 2.45) is 0 Å². The largest absolute Gasteiger partial charge is 0.337 e. The summed E-state index contributed by atoms with van der Waals surface area (Å²) >= 11 is 0. The highest BCUT2D eigenvalue weighted by Gasteiger charge is 2.29. The average Bonchev–Trinajstić information content (AvgIpc) is 3.44. The molecular formula is C19H24N4O2. The smallest absolute Gasteiger partial charge is 0.317 e. The monoisotopic (exact) mass is 340 g/mol. The molecule has 2 fully saturated rings. The predicted molar refractivity (Wildman–Crippen MR) is 93.1 cm³/mol. The van der Waals surface area contributed by atoms with Crippen LogP contribution in [-0.2, 0) is 6.54 Å². The molecule has 0 spiro atoms. The molecule has 0 bridgehead atoms. The maximum Gasteiger partial charge on any atom is 0.317 e. The Hall–Kier alpha value is -2.37. The highest BCUT2D eigenvalue weighted by Crippen LogP contribution is 2.38. The average molecular weight is 340 g/mol. The zero-order chi connectivity index (χ0) is 17.1. The van der Waals surface area contributed by atoms with Crippen molar-refractivity contribution in [1.82, 2.24) is 20.4 Å². The Kier molecular flexibility index (Phi) is 4.68. The number of benzene rings is 1. The topological polar surface area (TPSA) is 71.3 Å². The molecule has 2 heterocycles. The number of carbonyl (C=O) groups excluding carboxylic acids is 1. The third-order valence-corrected chi connectivity index (χ3v) is 5.10. The minimum absolute atomic E-state index is 0.0418. The Labute approximate surface area is 147 Å². The van der Waals surface area contributed by atoms with Crippen molar-refractivity contribution in [2.75, 3.05) is 13.1 Å². The van der Waals surface area contributed by atoms with E-state index in [1.807, 2.05) is 11.0 Å². The van der Waals surface area contributed by atoms with E-state index in [1.165, 1.54) is 5.56 Å². The minimum atomic E-state index is -0.0418. The van der Waals surface area contributed by atoms with E-state index >= 15 is 0 Å². The molecule has 1 saturated heterocycles. The molecule has 1 aromatic heterocycles. The molecule has 4 rings (SSSR count). The van der Waals surface area contributed by atoms with Crippen LogP contribution in [0.5, 0.6) is 0 Å². The van der Waals surface area contributed by atoms with Crippen molar-refractivity contribution in [3.05, 3.63) is 47.6 Å². The summed E-state index contributed by atoms with van der Waals surface area (Å²) in [6, 6.07) is 10.6. The Morgan fingerprint density at radius 2 is 1.96 bits per heavy atom. The van der Waals surface area contributed by atoms with Gasteiger partial charge in [-0.2, -0.15) is 4.98 Å². The summed E-state index contributed by atoms with van der Waals surface area (Å²) in [5.41, 5.74) is 1.38. The number of hydrogen-bond acceptors (Lipinski definition) is 4. The van der Waals surface area contributed by atoms with Gasteiger partial charge in [-0.05, 0) is 43.6 Å². The Balaban J connectivity index is 1.28.